The lowest BCUT2D eigenvalue weighted by Crippen LogP contribution is -2.38. The lowest BCUT2D eigenvalue weighted by molar-refractivity contribution is 0.298. The summed E-state index contributed by atoms with van der Waals surface area (Å²) in [6.07, 6.45) is 5.52. The molecule has 3 heteroatoms. The highest BCUT2D eigenvalue weighted by molar-refractivity contribution is 5.48. The van der Waals surface area contributed by atoms with Crippen LogP contribution < -0.4 is 10.6 Å². The van der Waals surface area contributed by atoms with Crippen molar-refractivity contribution in [1.82, 2.24) is 10.3 Å². The SMILES string of the molecule is c1ccc(NC2CC3(CCNCC3)c3ccccc32)nc1. The molecule has 1 aliphatic heterocycles. The molecule has 1 fully saturated rings. The van der Waals surface area contributed by atoms with E-state index in [1.54, 1.807) is 5.56 Å². The predicted octanol–water partition coefficient (Wildman–Crippen LogP) is 3.26. The Hall–Kier alpha value is -1.87. The maximum Gasteiger partial charge on any atom is 0.126 e. The Morgan fingerprint density at radius 1 is 1.05 bits per heavy atom. The molecule has 1 saturated heterocycles. The van der Waals surface area contributed by atoms with Crippen LogP contribution in [0.25, 0.3) is 0 Å². The van der Waals surface area contributed by atoms with Crippen molar-refractivity contribution in [2.24, 2.45) is 0 Å². The normalized spacial score (nSPS) is 23.0. The summed E-state index contributed by atoms with van der Waals surface area (Å²) in [7, 11) is 0. The average molecular weight is 279 g/mol. The summed E-state index contributed by atoms with van der Waals surface area (Å²) in [5.74, 6) is 0.975. The van der Waals surface area contributed by atoms with E-state index < -0.39 is 0 Å². The minimum atomic E-state index is 0.355. The van der Waals surface area contributed by atoms with Crippen LogP contribution in [0.15, 0.2) is 48.7 Å². The third-order valence-electron chi connectivity index (χ3n) is 5.05. The van der Waals surface area contributed by atoms with Crippen molar-refractivity contribution in [3.05, 3.63) is 59.8 Å². The molecule has 108 valence electrons. The summed E-state index contributed by atoms with van der Waals surface area (Å²) in [5, 5.41) is 7.14. The topological polar surface area (TPSA) is 37.0 Å². The molecule has 2 heterocycles. The number of hydrogen-bond acceptors (Lipinski definition) is 3. The number of nitrogens with zero attached hydrogens (tertiary/aromatic N) is 1. The number of piperidine rings is 1. The van der Waals surface area contributed by atoms with Crippen LogP contribution >= 0.6 is 0 Å². The van der Waals surface area contributed by atoms with Gasteiger partial charge in [0.25, 0.3) is 0 Å². The van der Waals surface area contributed by atoms with Crippen LogP contribution in [0.4, 0.5) is 5.82 Å². The number of nitrogens with one attached hydrogen (secondary N) is 2. The second-order valence-electron chi connectivity index (χ2n) is 6.23. The molecule has 0 amide bonds. The lowest BCUT2D eigenvalue weighted by Gasteiger charge is -2.35. The summed E-state index contributed by atoms with van der Waals surface area (Å²) < 4.78 is 0. The van der Waals surface area contributed by atoms with E-state index in [1.165, 1.54) is 24.8 Å². The number of anilines is 1. The van der Waals surface area contributed by atoms with Crippen molar-refractivity contribution in [3.8, 4) is 0 Å². The summed E-state index contributed by atoms with van der Waals surface area (Å²) in [6.45, 7) is 2.26. The zero-order valence-corrected chi connectivity index (χ0v) is 12.2. The van der Waals surface area contributed by atoms with Crippen molar-refractivity contribution in [2.45, 2.75) is 30.7 Å². The quantitative estimate of drug-likeness (QED) is 0.886. The highest BCUT2D eigenvalue weighted by Gasteiger charge is 2.44. The van der Waals surface area contributed by atoms with E-state index in [9.17, 15) is 0 Å². The molecule has 1 spiro atoms. The monoisotopic (exact) mass is 279 g/mol. The average Bonchev–Trinajstić information content (AvgIpc) is 2.83. The second-order valence-corrected chi connectivity index (χ2v) is 6.23. The molecule has 1 aromatic heterocycles. The van der Waals surface area contributed by atoms with E-state index in [-0.39, 0.29) is 0 Å². The number of aromatic nitrogens is 1. The van der Waals surface area contributed by atoms with Gasteiger partial charge in [0.1, 0.15) is 5.82 Å². The minimum absolute atomic E-state index is 0.355. The van der Waals surface area contributed by atoms with Crippen LogP contribution in [-0.4, -0.2) is 18.1 Å². The van der Waals surface area contributed by atoms with Crippen LogP contribution in [0, 0.1) is 0 Å². The maximum absolute atomic E-state index is 4.43. The molecule has 0 saturated carbocycles. The predicted molar refractivity (Wildman–Crippen MR) is 85.4 cm³/mol. The van der Waals surface area contributed by atoms with Crippen LogP contribution in [-0.2, 0) is 5.41 Å². The Morgan fingerprint density at radius 2 is 1.86 bits per heavy atom. The molecule has 2 N–H and O–H groups in total. The first-order valence-electron chi connectivity index (χ1n) is 7.85. The molecule has 1 unspecified atom stereocenters. The Labute approximate surface area is 125 Å². The highest BCUT2D eigenvalue weighted by atomic mass is 15.0. The van der Waals surface area contributed by atoms with Crippen LogP contribution in [0.2, 0.25) is 0 Å². The van der Waals surface area contributed by atoms with Gasteiger partial charge in [-0.2, -0.15) is 0 Å². The minimum Gasteiger partial charge on any atom is -0.363 e. The zero-order chi connectivity index (χ0) is 14.1. The third-order valence-corrected chi connectivity index (χ3v) is 5.05. The van der Waals surface area contributed by atoms with E-state index in [0.29, 0.717) is 11.5 Å². The van der Waals surface area contributed by atoms with E-state index in [4.69, 9.17) is 0 Å². The third kappa shape index (κ3) is 2.22. The highest BCUT2D eigenvalue weighted by Crippen LogP contribution is 2.50. The largest absolute Gasteiger partial charge is 0.363 e. The second kappa shape index (κ2) is 5.15. The first-order chi connectivity index (χ1) is 10.4. The summed E-state index contributed by atoms with van der Waals surface area (Å²) in [4.78, 5) is 4.43. The van der Waals surface area contributed by atoms with Gasteiger partial charge < -0.3 is 10.6 Å². The fourth-order valence-corrected chi connectivity index (χ4v) is 4.03. The number of rotatable bonds is 2. The van der Waals surface area contributed by atoms with Gasteiger partial charge in [-0.25, -0.2) is 4.98 Å². The Kier molecular flexibility index (Phi) is 3.15. The van der Waals surface area contributed by atoms with Gasteiger partial charge in [-0.05, 0) is 55.6 Å². The Bertz CT molecular complexity index is 617. The molecule has 1 atom stereocenters. The van der Waals surface area contributed by atoms with Crippen LogP contribution in [0.3, 0.4) is 0 Å². The number of pyridine rings is 1. The van der Waals surface area contributed by atoms with Gasteiger partial charge in [0.2, 0.25) is 0 Å². The molecule has 4 rings (SSSR count). The van der Waals surface area contributed by atoms with Crippen molar-refractivity contribution in [3.63, 3.8) is 0 Å². The molecule has 3 nitrogen and oxygen atoms in total. The van der Waals surface area contributed by atoms with Gasteiger partial charge >= 0.3 is 0 Å². The Morgan fingerprint density at radius 3 is 2.67 bits per heavy atom. The standard InChI is InChI=1S/C18H21N3/c1-2-6-15-14(5-1)16(21-17-7-3-4-10-20-17)13-18(15)8-11-19-12-9-18/h1-7,10,16,19H,8-9,11-13H2,(H,20,21). The molecule has 1 aliphatic carbocycles. The molecule has 0 radical (unpaired) electrons. The van der Waals surface area contributed by atoms with Gasteiger partial charge in [-0.1, -0.05) is 30.3 Å². The van der Waals surface area contributed by atoms with Gasteiger partial charge in [0.05, 0.1) is 6.04 Å². The first-order valence-corrected chi connectivity index (χ1v) is 7.85. The van der Waals surface area contributed by atoms with Crippen LogP contribution in [0.1, 0.15) is 36.4 Å². The summed E-state index contributed by atoms with van der Waals surface area (Å²) in [5.41, 5.74) is 3.37. The molecular formula is C18H21N3. The van der Waals surface area contributed by atoms with Crippen molar-refractivity contribution in [1.29, 1.82) is 0 Å². The van der Waals surface area contributed by atoms with Gasteiger partial charge in [-0.15, -0.1) is 0 Å². The van der Waals surface area contributed by atoms with Crippen molar-refractivity contribution >= 4 is 5.82 Å². The smallest absolute Gasteiger partial charge is 0.126 e. The van der Waals surface area contributed by atoms with E-state index in [2.05, 4.69) is 45.9 Å². The molecule has 1 aromatic carbocycles. The van der Waals surface area contributed by atoms with Crippen LogP contribution in [0.5, 0.6) is 0 Å². The fourth-order valence-electron chi connectivity index (χ4n) is 4.03. The number of hydrogen-bond donors (Lipinski definition) is 2. The summed E-state index contributed by atoms with van der Waals surface area (Å²) >= 11 is 0. The van der Waals surface area contributed by atoms with E-state index in [1.807, 2.05) is 18.3 Å². The van der Waals surface area contributed by atoms with Gasteiger partial charge in [0.15, 0.2) is 0 Å². The zero-order valence-electron chi connectivity index (χ0n) is 12.2. The van der Waals surface area contributed by atoms with Crippen molar-refractivity contribution in [2.75, 3.05) is 18.4 Å². The fraction of sp³-hybridized carbons (Fsp3) is 0.389. The molecular weight excluding hydrogens is 258 g/mol. The number of benzene rings is 1. The van der Waals surface area contributed by atoms with Gasteiger partial charge in [-0.3, -0.25) is 0 Å². The van der Waals surface area contributed by atoms with E-state index >= 15 is 0 Å². The Balaban J connectivity index is 1.68. The van der Waals surface area contributed by atoms with E-state index in [0.717, 1.165) is 18.9 Å². The summed E-state index contributed by atoms with van der Waals surface area (Å²) in [6, 6.07) is 15.4. The molecule has 2 aliphatic rings. The number of fused-ring (bicyclic) bond motifs is 2. The first kappa shape index (κ1) is 12.8. The maximum atomic E-state index is 4.43. The van der Waals surface area contributed by atoms with Gasteiger partial charge in [0, 0.05) is 11.6 Å². The molecule has 0 bridgehead atoms. The molecule has 2 aromatic rings. The molecule has 21 heavy (non-hydrogen) atoms. The van der Waals surface area contributed by atoms with Crippen molar-refractivity contribution < 1.29 is 0 Å². The lowest BCUT2D eigenvalue weighted by atomic mass is 9.74.